The summed E-state index contributed by atoms with van der Waals surface area (Å²) >= 11 is 6.74. The lowest BCUT2D eigenvalue weighted by molar-refractivity contribution is 0.0773. The van der Waals surface area contributed by atoms with Crippen molar-refractivity contribution in [2.75, 3.05) is 25.5 Å². The van der Waals surface area contributed by atoms with Gasteiger partial charge >= 0.3 is 0 Å². The van der Waals surface area contributed by atoms with Crippen molar-refractivity contribution >= 4 is 37.8 Å². The van der Waals surface area contributed by atoms with E-state index < -0.39 is 0 Å². The average Bonchev–Trinajstić information content (AvgIpc) is 2.35. The molecular weight excluding hydrogens is 350 g/mol. The van der Waals surface area contributed by atoms with Crippen LogP contribution in [-0.4, -0.2) is 36.3 Å². The summed E-state index contributed by atoms with van der Waals surface area (Å²) in [6.07, 6.45) is 0. The van der Waals surface area contributed by atoms with Crippen LogP contribution in [0.15, 0.2) is 22.7 Å². The van der Waals surface area contributed by atoms with Gasteiger partial charge in [0, 0.05) is 22.9 Å². The Morgan fingerprint density at radius 2 is 2.18 bits per heavy atom. The highest BCUT2D eigenvalue weighted by Gasteiger charge is 2.17. The zero-order valence-corrected chi connectivity index (χ0v) is 13.0. The number of methoxy groups -OCH3 is 1. The standard InChI is InChI=1S/C12H15Br2NO2/c1-3-15(7-6-13)12(16)10-8-9(17-2)4-5-11(10)14/h4-5,8H,3,6-7H2,1-2H3. The molecule has 0 aliphatic carbocycles. The van der Waals surface area contributed by atoms with Crippen LogP contribution < -0.4 is 4.74 Å². The molecule has 5 heteroatoms. The molecule has 1 aromatic carbocycles. The molecule has 0 heterocycles. The van der Waals surface area contributed by atoms with Gasteiger partial charge in [0.25, 0.3) is 5.91 Å². The highest BCUT2D eigenvalue weighted by molar-refractivity contribution is 9.10. The molecule has 0 saturated heterocycles. The van der Waals surface area contributed by atoms with Gasteiger partial charge in [-0.25, -0.2) is 0 Å². The van der Waals surface area contributed by atoms with E-state index in [1.54, 1.807) is 18.1 Å². The van der Waals surface area contributed by atoms with E-state index in [1.165, 1.54) is 0 Å². The number of benzene rings is 1. The molecule has 0 unspecified atom stereocenters. The molecule has 0 aliphatic heterocycles. The van der Waals surface area contributed by atoms with Gasteiger partial charge in [0.15, 0.2) is 0 Å². The van der Waals surface area contributed by atoms with E-state index in [9.17, 15) is 4.79 Å². The van der Waals surface area contributed by atoms with E-state index in [0.717, 1.165) is 9.80 Å². The van der Waals surface area contributed by atoms with Crippen molar-refractivity contribution in [1.82, 2.24) is 4.90 Å². The molecular formula is C12H15Br2NO2. The quantitative estimate of drug-likeness (QED) is 0.750. The van der Waals surface area contributed by atoms with Crippen LogP contribution in [-0.2, 0) is 0 Å². The highest BCUT2D eigenvalue weighted by atomic mass is 79.9. The molecule has 0 aliphatic rings. The third kappa shape index (κ3) is 3.71. The molecule has 0 aromatic heterocycles. The molecule has 0 spiro atoms. The van der Waals surface area contributed by atoms with E-state index in [1.807, 2.05) is 19.1 Å². The number of carbonyl (C=O) groups excluding carboxylic acids is 1. The number of hydrogen-bond donors (Lipinski definition) is 0. The predicted molar refractivity (Wildman–Crippen MR) is 76.1 cm³/mol. The molecule has 0 radical (unpaired) electrons. The van der Waals surface area contributed by atoms with Gasteiger partial charge in [-0.1, -0.05) is 15.9 Å². The number of rotatable bonds is 5. The lowest BCUT2D eigenvalue weighted by Crippen LogP contribution is -2.32. The Bertz CT molecular complexity index is 396. The number of alkyl halides is 1. The van der Waals surface area contributed by atoms with E-state index in [-0.39, 0.29) is 5.91 Å². The molecule has 3 nitrogen and oxygen atoms in total. The fraction of sp³-hybridized carbons (Fsp3) is 0.417. The monoisotopic (exact) mass is 363 g/mol. The minimum absolute atomic E-state index is 0.0118. The third-order valence-electron chi connectivity index (χ3n) is 2.43. The summed E-state index contributed by atoms with van der Waals surface area (Å²) in [7, 11) is 1.59. The van der Waals surface area contributed by atoms with Crippen LogP contribution in [0.1, 0.15) is 17.3 Å². The summed E-state index contributed by atoms with van der Waals surface area (Å²) in [6, 6.07) is 5.40. The highest BCUT2D eigenvalue weighted by Crippen LogP contribution is 2.23. The van der Waals surface area contributed by atoms with Crippen LogP contribution in [0.5, 0.6) is 5.75 Å². The zero-order chi connectivity index (χ0) is 12.8. The molecule has 1 amide bonds. The van der Waals surface area contributed by atoms with Crippen molar-refractivity contribution < 1.29 is 9.53 Å². The molecule has 0 saturated carbocycles. The summed E-state index contributed by atoms with van der Waals surface area (Å²) in [6.45, 7) is 3.35. The Morgan fingerprint density at radius 3 is 2.71 bits per heavy atom. The molecule has 1 rings (SSSR count). The first-order valence-electron chi connectivity index (χ1n) is 5.32. The van der Waals surface area contributed by atoms with E-state index >= 15 is 0 Å². The maximum atomic E-state index is 12.3. The maximum absolute atomic E-state index is 12.3. The fourth-order valence-electron chi connectivity index (χ4n) is 1.47. The van der Waals surface area contributed by atoms with Crippen molar-refractivity contribution in [2.45, 2.75) is 6.92 Å². The topological polar surface area (TPSA) is 29.5 Å². The van der Waals surface area contributed by atoms with Crippen molar-refractivity contribution in [3.05, 3.63) is 28.2 Å². The van der Waals surface area contributed by atoms with Gasteiger partial charge in [-0.2, -0.15) is 0 Å². The van der Waals surface area contributed by atoms with E-state index in [0.29, 0.717) is 24.4 Å². The van der Waals surface area contributed by atoms with Gasteiger partial charge in [0.1, 0.15) is 5.75 Å². The van der Waals surface area contributed by atoms with E-state index in [2.05, 4.69) is 31.9 Å². The Balaban J connectivity index is 3.01. The van der Waals surface area contributed by atoms with Gasteiger partial charge in [-0.15, -0.1) is 0 Å². The second kappa shape index (κ2) is 7.01. The number of carbonyl (C=O) groups is 1. The minimum Gasteiger partial charge on any atom is -0.497 e. The van der Waals surface area contributed by atoms with Crippen LogP contribution in [0, 0.1) is 0 Å². The summed E-state index contributed by atoms with van der Waals surface area (Å²) < 4.78 is 5.92. The van der Waals surface area contributed by atoms with Gasteiger partial charge in [-0.3, -0.25) is 4.79 Å². The van der Waals surface area contributed by atoms with Gasteiger partial charge < -0.3 is 9.64 Å². The van der Waals surface area contributed by atoms with Crippen molar-refractivity contribution in [2.24, 2.45) is 0 Å². The lowest BCUT2D eigenvalue weighted by Gasteiger charge is -2.20. The molecule has 0 bridgehead atoms. The maximum Gasteiger partial charge on any atom is 0.255 e. The second-order valence-corrected chi connectivity index (χ2v) is 5.07. The summed E-state index contributed by atoms with van der Waals surface area (Å²) in [5.74, 6) is 0.698. The largest absolute Gasteiger partial charge is 0.497 e. The lowest BCUT2D eigenvalue weighted by atomic mass is 10.2. The Morgan fingerprint density at radius 1 is 1.47 bits per heavy atom. The van der Waals surface area contributed by atoms with Crippen molar-refractivity contribution in [3.63, 3.8) is 0 Å². The zero-order valence-electron chi connectivity index (χ0n) is 9.87. The van der Waals surface area contributed by atoms with E-state index in [4.69, 9.17) is 4.74 Å². The molecule has 94 valence electrons. The normalized spacial score (nSPS) is 10.1. The summed E-state index contributed by atoms with van der Waals surface area (Å²) in [4.78, 5) is 14.1. The van der Waals surface area contributed by atoms with Crippen LogP contribution in [0.2, 0.25) is 0 Å². The minimum atomic E-state index is 0.0118. The molecule has 0 atom stereocenters. The van der Waals surface area contributed by atoms with Gasteiger partial charge in [0.05, 0.1) is 12.7 Å². The Hall–Kier alpha value is -0.550. The molecule has 1 aromatic rings. The van der Waals surface area contributed by atoms with Crippen molar-refractivity contribution in [3.8, 4) is 5.75 Å². The molecule has 17 heavy (non-hydrogen) atoms. The van der Waals surface area contributed by atoms with Gasteiger partial charge in [0.2, 0.25) is 0 Å². The van der Waals surface area contributed by atoms with Crippen molar-refractivity contribution in [1.29, 1.82) is 0 Å². The Kier molecular flexibility index (Phi) is 5.98. The summed E-state index contributed by atoms with van der Waals surface area (Å²) in [5.41, 5.74) is 0.632. The Labute approximate surface area is 118 Å². The number of ether oxygens (including phenoxy) is 1. The number of nitrogens with zero attached hydrogens (tertiary/aromatic N) is 1. The number of hydrogen-bond acceptors (Lipinski definition) is 2. The SMILES string of the molecule is CCN(CCBr)C(=O)c1cc(OC)ccc1Br. The van der Waals surface area contributed by atoms with Crippen LogP contribution >= 0.6 is 31.9 Å². The first-order chi connectivity index (χ1) is 8.13. The summed E-state index contributed by atoms with van der Waals surface area (Å²) in [5, 5.41) is 0.772. The first kappa shape index (κ1) is 14.5. The van der Waals surface area contributed by atoms with Crippen LogP contribution in [0.3, 0.4) is 0 Å². The number of halogens is 2. The van der Waals surface area contributed by atoms with Crippen LogP contribution in [0.4, 0.5) is 0 Å². The smallest absolute Gasteiger partial charge is 0.255 e. The molecule has 0 fully saturated rings. The molecule has 0 N–H and O–H groups in total. The third-order valence-corrected chi connectivity index (χ3v) is 3.47. The first-order valence-corrected chi connectivity index (χ1v) is 7.24. The average molecular weight is 365 g/mol. The predicted octanol–water partition coefficient (Wildman–Crippen LogP) is 3.31. The second-order valence-electron chi connectivity index (χ2n) is 3.42. The van der Waals surface area contributed by atoms with Crippen LogP contribution in [0.25, 0.3) is 0 Å². The van der Waals surface area contributed by atoms with Gasteiger partial charge in [-0.05, 0) is 41.1 Å². The number of amides is 1. The fourth-order valence-corrected chi connectivity index (χ4v) is 2.32.